The molecule has 0 saturated carbocycles. The Morgan fingerprint density at radius 3 is 2.24 bits per heavy atom. The molecular weight excluding hydrogens is 228 g/mol. The SMILES string of the molecule is CCc1cc(CC)n(CC(CC)(CC)CS)n1. The van der Waals surface area contributed by atoms with Crippen LogP contribution in [0.5, 0.6) is 0 Å². The van der Waals surface area contributed by atoms with Crippen molar-refractivity contribution in [3.8, 4) is 0 Å². The van der Waals surface area contributed by atoms with Crippen molar-refractivity contribution in [2.24, 2.45) is 5.41 Å². The molecule has 0 spiro atoms. The molecule has 1 aromatic heterocycles. The lowest BCUT2D eigenvalue weighted by Crippen LogP contribution is -2.29. The fraction of sp³-hybridized carbons (Fsp3) is 0.786. The van der Waals surface area contributed by atoms with Crippen LogP contribution >= 0.6 is 12.6 Å². The molecule has 3 heteroatoms. The summed E-state index contributed by atoms with van der Waals surface area (Å²) >= 11 is 4.54. The molecule has 0 aliphatic heterocycles. The molecule has 1 rings (SSSR count). The highest BCUT2D eigenvalue weighted by atomic mass is 32.1. The summed E-state index contributed by atoms with van der Waals surface area (Å²) in [6.07, 6.45) is 4.41. The second-order valence-electron chi connectivity index (χ2n) is 4.86. The van der Waals surface area contributed by atoms with Crippen LogP contribution in [0.1, 0.15) is 51.9 Å². The lowest BCUT2D eigenvalue weighted by molar-refractivity contribution is 0.243. The van der Waals surface area contributed by atoms with Crippen molar-refractivity contribution in [2.45, 2.75) is 59.9 Å². The van der Waals surface area contributed by atoms with Crippen molar-refractivity contribution in [2.75, 3.05) is 5.75 Å². The van der Waals surface area contributed by atoms with Gasteiger partial charge < -0.3 is 0 Å². The molecule has 0 saturated heterocycles. The first-order chi connectivity index (χ1) is 8.14. The average Bonchev–Trinajstić information content (AvgIpc) is 2.78. The molecule has 1 heterocycles. The van der Waals surface area contributed by atoms with Crippen LogP contribution in [0.2, 0.25) is 0 Å². The van der Waals surface area contributed by atoms with E-state index in [1.807, 2.05) is 0 Å². The van der Waals surface area contributed by atoms with E-state index in [1.165, 1.54) is 11.4 Å². The number of hydrogen-bond donors (Lipinski definition) is 1. The van der Waals surface area contributed by atoms with Gasteiger partial charge in [0.2, 0.25) is 0 Å². The van der Waals surface area contributed by atoms with Gasteiger partial charge in [-0.2, -0.15) is 17.7 Å². The van der Waals surface area contributed by atoms with Crippen LogP contribution in [0.3, 0.4) is 0 Å². The number of rotatable bonds is 7. The maximum atomic E-state index is 4.71. The van der Waals surface area contributed by atoms with Crippen molar-refractivity contribution >= 4 is 12.6 Å². The van der Waals surface area contributed by atoms with E-state index in [2.05, 4.69) is 51.1 Å². The third-order valence-electron chi connectivity index (χ3n) is 3.96. The van der Waals surface area contributed by atoms with Gasteiger partial charge in [0.15, 0.2) is 0 Å². The monoisotopic (exact) mass is 254 g/mol. The standard InChI is InChI=1S/C14H26N2S/c1-5-12-9-13(6-2)16(15-12)10-14(7-3,8-4)11-17/h9,17H,5-8,10-11H2,1-4H3. The zero-order valence-corrected chi connectivity index (χ0v) is 12.6. The summed E-state index contributed by atoms with van der Waals surface area (Å²) in [5, 5.41) is 4.71. The van der Waals surface area contributed by atoms with E-state index in [1.54, 1.807) is 0 Å². The topological polar surface area (TPSA) is 17.8 Å². The Hall–Kier alpha value is -0.440. The fourth-order valence-corrected chi connectivity index (χ4v) is 2.72. The van der Waals surface area contributed by atoms with Crippen LogP contribution in [-0.2, 0) is 19.4 Å². The van der Waals surface area contributed by atoms with E-state index < -0.39 is 0 Å². The number of aromatic nitrogens is 2. The third-order valence-corrected chi connectivity index (χ3v) is 4.63. The Balaban J connectivity index is 2.95. The normalized spacial score (nSPS) is 12.1. The highest BCUT2D eigenvalue weighted by molar-refractivity contribution is 7.80. The predicted octanol–water partition coefficient (Wildman–Crippen LogP) is 3.74. The van der Waals surface area contributed by atoms with Crippen molar-refractivity contribution in [1.29, 1.82) is 0 Å². The molecule has 0 aromatic carbocycles. The van der Waals surface area contributed by atoms with Gasteiger partial charge in [0.1, 0.15) is 0 Å². The Morgan fingerprint density at radius 2 is 1.82 bits per heavy atom. The van der Waals surface area contributed by atoms with Gasteiger partial charge in [-0.25, -0.2) is 0 Å². The minimum absolute atomic E-state index is 0.296. The maximum Gasteiger partial charge on any atom is 0.0624 e. The number of nitrogens with zero attached hydrogens (tertiary/aromatic N) is 2. The summed E-state index contributed by atoms with van der Waals surface area (Å²) in [4.78, 5) is 0. The predicted molar refractivity (Wildman–Crippen MR) is 77.9 cm³/mol. The summed E-state index contributed by atoms with van der Waals surface area (Å²) in [5.74, 6) is 0.935. The molecule has 17 heavy (non-hydrogen) atoms. The van der Waals surface area contributed by atoms with Gasteiger partial charge in [0.25, 0.3) is 0 Å². The Kier molecular flexibility index (Phi) is 5.57. The average molecular weight is 254 g/mol. The minimum atomic E-state index is 0.296. The molecule has 0 aliphatic rings. The van der Waals surface area contributed by atoms with E-state index in [-0.39, 0.29) is 0 Å². The summed E-state index contributed by atoms with van der Waals surface area (Å²) in [6.45, 7) is 9.89. The zero-order valence-electron chi connectivity index (χ0n) is 11.7. The van der Waals surface area contributed by atoms with Crippen molar-refractivity contribution < 1.29 is 0 Å². The number of hydrogen-bond acceptors (Lipinski definition) is 2. The second kappa shape index (κ2) is 6.48. The van der Waals surface area contributed by atoms with Gasteiger partial charge in [-0.3, -0.25) is 4.68 Å². The minimum Gasteiger partial charge on any atom is -0.269 e. The molecule has 0 N–H and O–H groups in total. The van der Waals surface area contributed by atoms with E-state index in [0.29, 0.717) is 5.41 Å². The second-order valence-corrected chi connectivity index (χ2v) is 5.17. The first kappa shape index (κ1) is 14.6. The molecule has 0 aliphatic carbocycles. The fourth-order valence-electron chi connectivity index (χ4n) is 2.17. The summed E-state index contributed by atoms with van der Waals surface area (Å²) in [6, 6.07) is 2.24. The highest BCUT2D eigenvalue weighted by Crippen LogP contribution is 2.30. The van der Waals surface area contributed by atoms with Gasteiger partial charge in [-0.1, -0.05) is 27.7 Å². The van der Waals surface area contributed by atoms with Crippen LogP contribution in [0.25, 0.3) is 0 Å². The Morgan fingerprint density at radius 1 is 1.18 bits per heavy atom. The first-order valence-corrected chi connectivity index (χ1v) is 7.44. The lowest BCUT2D eigenvalue weighted by atomic mass is 9.84. The van der Waals surface area contributed by atoms with Crippen LogP contribution in [0.15, 0.2) is 6.07 Å². The first-order valence-electron chi connectivity index (χ1n) is 6.81. The van der Waals surface area contributed by atoms with Gasteiger partial charge >= 0.3 is 0 Å². The molecule has 0 unspecified atom stereocenters. The summed E-state index contributed by atoms with van der Waals surface area (Å²) in [7, 11) is 0. The van der Waals surface area contributed by atoms with Crippen molar-refractivity contribution in [1.82, 2.24) is 9.78 Å². The maximum absolute atomic E-state index is 4.71. The Labute approximate surface area is 111 Å². The highest BCUT2D eigenvalue weighted by Gasteiger charge is 2.26. The summed E-state index contributed by atoms with van der Waals surface area (Å²) in [5.41, 5.74) is 2.86. The van der Waals surface area contributed by atoms with Gasteiger partial charge in [-0.05, 0) is 42.9 Å². The molecule has 0 bridgehead atoms. The molecule has 1 aromatic rings. The number of aryl methyl sites for hydroxylation is 2. The molecule has 2 nitrogen and oxygen atoms in total. The smallest absolute Gasteiger partial charge is 0.0624 e. The molecule has 0 radical (unpaired) electrons. The van der Waals surface area contributed by atoms with Crippen LogP contribution in [0, 0.1) is 5.41 Å². The third kappa shape index (κ3) is 3.27. The largest absolute Gasteiger partial charge is 0.269 e. The molecule has 0 atom stereocenters. The van der Waals surface area contributed by atoms with E-state index >= 15 is 0 Å². The molecule has 98 valence electrons. The molecule has 0 amide bonds. The van der Waals surface area contributed by atoms with Crippen LogP contribution < -0.4 is 0 Å². The summed E-state index contributed by atoms with van der Waals surface area (Å²) < 4.78 is 2.21. The quantitative estimate of drug-likeness (QED) is 0.734. The zero-order chi connectivity index (χ0) is 12.9. The van der Waals surface area contributed by atoms with Gasteiger partial charge in [0.05, 0.1) is 5.69 Å². The van der Waals surface area contributed by atoms with Crippen LogP contribution in [-0.4, -0.2) is 15.5 Å². The molecule has 0 fully saturated rings. The van der Waals surface area contributed by atoms with Crippen LogP contribution in [0.4, 0.5) is 0 Å². The van der Waals surface area contributed by atoms with Crippen molar-refractivity contribution in [3.63, 3.8) is 0 Å². The lowest BCUT2D eigenvalue weighted by Gasteiger charge is -2.30. The molecular formula is C14H26N2S. The van der Waals surface area contributed by atoms with Crippen molar-refractivity contribution in [3.05, 3.63) is 17.5 Å². The van der Waals surface area contributed by atoms with E-state index in [0.717, 1.165) is 38.0 Å². The van der Waals surface area contributed by atoms with E-state index in [4.69, 9.17) is 5.10 Å². The van der Waals surface area contributed by atoms with E-state index in [9.17, 15) is 0 Å². The van der Waals surface area contributed by atoms with Gasteiger partial charge in [-0.15, -0.1) is 0 Å². The van der Waals surface area contributed by atoms with Gasteiger partial charge in [0, 0.05) is 12.2 Å². The number of thiol groups is 1. The Bertz CT molecular complexity index is 332.